The minimum atomic E-state index is 0. The van der Waals surface area contributed by atoms with Gasteiger partial charge < -0.3 is 9.64 Å². The van der Waals surface area contributed by atoms with Crippen LogP contribution >= 0.6 is 12.4 Å². The van der Waals surface area contributed by atoms with Gasteiger partial charge in [0.05, 0.1) is 5.92 Å². The Bertz CT molecular complexity index is 264. The highest BCUT2D eigenvalue weighted by molar-refractivity contribution is 5.85. The van der Waals surface area contributed by atoms with Crippen molar-refractivity contribution in [2.45, 2.75) is 65.7 Å². The minimum absolute atomic E-state index is 0. The van der Waals surface area contributed by atoms with Crippen LogP contribution in [0.4, 0.5) is 0 Å². The molecule has 0 radical (unpaired) electrons. The summed E-state index contributed by atoms with van der Waals surface area (Å²) in [6, 6.07) is 0. The average molecular weight is 320 g/mol. The molecule has 3 nitrogen and oxygen atoms in total. The van der Waals surface area contributed by atoms with Gasteiger partial charge in [0.2, 0.25) is 0 Å². The van der Waals surface area contributed by atoms with E-state index < -0.39 is 0 Å². The number of carbonyl (C=O) groups excluding carboxylic acids is 1. The number of likely N-dealkylation sites (N-methyl/N-ethyl adjacent to an activating group) is 1. The summed E-state index contributed by atoms with van der Waals surface area (Å²) in [6.07, 6.45) is 8.35. The second-order valence-electron chi connectivity index (χ2n) is 5.99. The molecule has 0 aromatic rings. The molecular formula is C17H34ClNO2. The predicted molar refractivity (Wildman–Crippen MR) is 91.0 cm³/mol. The molecule has 1 unspecified atom stereocenters. The molecule has 0 aromatic carbocycles. The van der Waals surface area contributed by atoms with Crippen molar-refractivity contribution in [2.75, 3.05) is 26.2 Å². The molecule has 1 fully saturated rings. The van der Waals surface area contributed by atoms with Crippen LogP contribution in [0.3, 0.4) is 0 Å². The summed E-state index contributed by atoms with van der Waals surface area (Å²) in [5.74, 6) is 0.814. The van der Waals surface area contributed by atoms with E-state index in [1.165, 1.54) is 25.7 Å². The first-order valence-electron chi connectivity index (χ1n) is 8.61. The van der Waals surface area contributed by atoms with Crippen molar-refractivity contribution in [2.24, 2.45) is 11.8 Å². The molecule has 0 saturated heterocycles. The zero-order chi connectivity index (χ0) is 14.8. The van der Waals surface area contributed by atoms with Gasteiger partial charge in [0.25, 0.3) is 0 Å². The van der Waals surface area contributed by atoms with Gasteiger partial charge in [-0.25, -0.2) is 0 Å². The lowest BCUT2D eigenvalue weighted by atomic mass is 9.87. The number of halogens is 1. The SMILES string of the molecule is CCCCC(C(=O)OCCN(CC)CC)C1CCCC1.Cl. The molecule has 1 aliphatic rings. The predicted octanol–water partition coefficient (Wildman–Crippen LogP) is 4.29. The van der Waals surface area contributed by atoms with E-state index in [-0.39, 0.29) is 24.3 Å². The summed E-state index contributed by atoms with van der Waals surface area (Å²) < 4.78 is 5.57. The van der Waals surface area contributed by atoms with Crippen LogP contribution in [-0.4, -0.2) is 37.1 Å². The van der Waals surface area contributed by atoms with Crippen molar-refractivity contribution in [3.8, 4) is 0 Å². The van der Waals surface area contributed by atoms with Crippen molar-refractivity contribution in [1.82, 2.24) is 4.90 Å². The zero-order valence-electron chi connectivity index (χ0n) is 14.1. The Morgan fingerprint density at radius 3 is 2.33 bits per heavy atom. The fourth-order valence-corrected chi connectivity index (χ4v) is 3.25. The van der Waals surface area contributed by atoms with Gasteiger partial charge in [-0.2, -0.15) is 0 Å². The molecule has 1 rings (SSSR count). The first-order valence-corrected chi connectivity index (χ1v) is 8.61. The highest BCUT2D eigenvalue weighted by atomic mass is 35.5. The number of unbranched alkanes of at least 4 members (excludes halogenated alkanes) is 1. The monoisotopic (exact) mass is 319 g/mol. The number of esters is 1. The average Bonchev–Trinajstić information content (AvgIpc) is 2.98. The molecule has 4 heteroatoms. The minimum Gasteiger partial charge on any atom is -0.464 e. The largest absolute Gasteiger partial charge is 0.464 e. The molecule has 21 heavy (non-hydrogen) atoms. The smallest absolute Gasteiger partial charge is 0.309 e. The van der Waals surface area contributed by atoms with E-state index in [1.54, 1.807) is 0 Å². The van der Waals surface area contributed by atoms with Crippen LogP contribution in [0.25, 0.3) is 0 Å². The molecule has 1 saturated carbocycles. The molecule has 0 aliphatic heterocycles. The van der Waals surface area contributed by atoms with Gasteiger partial charge in [-0.05, 0) is 38.3 Å². The van der Waals surface area contributed by atoms with Crippen molar-refractivity contribution in [3.63, 3.8) is 0 Å². The third-order valence-corrected chi connectivity index (χ3v) is 4.69. The molecule has 0 aromatic heterocycles. The van der Waals surface area contributed by atoms with E-state index in [2.05, 4.69) is 25.7 Å². The second-order valence-corrected chi connectivity index (χ2v) is 5.99. The quantitative estimate of drug-likeness (QED) is 0.563. The Hall–Kier alpha value is -0.280. The van der Waals surface area contributed by atoms with Crippen molar-refractivity contribution >= 4 is 18.4 Å². The Balaban J connectivity index is 0.00000400. The third kappa shape index (κ3) is 7.51. The highest BCUT2D eigenvalue weighted by Crippen LogP contribution is 2.34. The first kappa shape index (κ1) is 20.7. The molecule has 126 valence electrons. The maximum absolute atomic E-state index is 12.4. The van der Waals surface area contributed by atoms with Gasteiger partial charge in [0.1, 0.15) is 6.61 Å². The Labute approximate surface area is 137 Å². The van der Waals surface area contributed by atoms with E-state index in [1.807, 2.05) is 0 Å². The molecule has 1 aliphatic carbocycles. The third-order valence-electron chi connectivity index (χ3n) is 4.69. The Morgan fingerprint density at radius 2 is 1.81 bits per heavy atom. The summed E-state index contributed by atoms with van der Waals surface area (Å²) in [4.78, 5) is 14.6. The molecule has 0 amide bonds. The summed E-state index contributed by atoms with van der Waals surface area (Å²) in [5, 5.41) is 0. The van der Waals surface area contributed by atoms with Crippen molar-refractivity contribution < 1.29 is 9.53 Å². The van der Waals surface area contributed by atoms with Crippen LogP contribution < -0.4 is 0 Å². The second kappa shape index (κ2) is 12.3. The van der Waals surface area contributed by atoms with E-state index >= 15 is 0 Å². The molecule has 1 atom stereocenters. The number of rotatable bonds is 10. The lowest BCUT2D eigenvalue weighted by Gasteiger charge is -2.23. The normalized spacial score (nSPS) is 16.8. The topological polar surface area (TPSA) is 29.5 Å². The molecular weight excluding hydrogens is 286 g/mol. The van der Waals surface area contributed by atoms with Crippen LogP contribution in [0.2, 0.25) is 0 Å². The van der Waals surface area contributed by atoms with Gasteiger partial charge in [0, 0.05) is 6.54 Å². The van der Waals surface area contributed by atoms with E-state index in [4.69, 9.17) is 4.74 Å². The lowest BCUT2D eigenvalue weighted by Crippen LogP contribution is -2.30. The van der Waals surface area contributed by atoms with Gasteiger partial charge in [0.15, 0.2) is 0 Å². The maximum Gasteiger partial charge on any atom is 0.309 e. The van der Waals surface area contributed by atoms with Gasteiger partial charge >= 0.3 is 5.97 Å². The van der Waals surface area contributed by atoms with Gasteiger partial charge in [-0.15, -0.1) is 12.4 Å². The van der Waals surface area contributed by atoms with Crippen LogP contribution in [0.5, 0.6) is 0 Å². The summed E-state index contributed by atoms with van der Waals surface area (Å²) in [6.45, 7) is 9.95. The first-order chi connectivity index (χ1) is 9.72. The number of hydrogen-bond acceptors (Lipinski definition) is 3. The summed E-state index contributed by atoms with van der Waals surface area (Å²) >= 11 is 0. The standard InChI is InChI=1S/C17H33NO2.ClH/c1-4-7-12-16(15-10-8-9-11-15)17(19)20-14-13-18(5-2)6-3;/h15-16H,4-14H2,1-3H3;1H. The van der Waals surface area contributed by atoms with Crippen LogP contribution in [-0.2, 0) is 9.53 Å². The molecule has 0 N–H and O–H groups in total. The molecule has 0 spiro atoms. The number of ether oxygens (including phenoxy) is 1. The van der Waals surface area contributed by atoms with E-state index in [0.717, 1.165) is 38.9 Å². The Morgan fingerprint density at radius 1 is 1.19 bits per heavy atom. The molecule has 0 heterocycles. The molecule has 0 bridgehead atoms. The van der Waals surface area contributed by atoms with E-state index in [9.17, 15) is 4.79 Å². The zero-order valence-corrected chi connectivity index (χ0v) is 14.9. The van der Waals surface area contributed by atoms with Crippen LogP contribution in [0.1, 0.15) is 65.7 Å². The van der Waals surface area contributed by atoms with Crippen LogP contribution in [0, 0.1) is 11.8 Å². The summed E-state index contributed by atoms with van der Waals surface area (Å²) in [5.41, 5.74) is 0. The number of carbonyl (C=O) groups is 1. The number of nitrogens with zero attached hydrogens (tertiary/aromatic N) is 1. The van der Waals surface area contributed by atoms with Gasteiger partial charge in [-0.3, -0.25) is 4.79 Å². The lowest BCUT2D eigenvalue weighted by molar-refractivity contribution is -0.151. The fourth-order valence-electron chi connectivity index (χ4n) is 3.25. The Kier molecular flexibility index (Phi) is 12.1. The number of hydrogen-bond donors (Lipinski definition) is 0. The van der Waals surface area contributed by atoms with Crippen molar-refractivity contribution in [3.05, 3.63) is 0 Å². The highest BCUT2D eigenvalue weighted by Gasteiger charge is 2.31. The van der Waals surface area contributed by atoms with Crippen LogP contribution in [0.15, 0.2) is 0 Å². The van der Waals surface area contributed by atoms with E-state index in [0.29, 0.717) is 12.5 Å². The van der Waals surface area contributed by atoms with Gasteiger partial charge in [-0.1, -0.05) is 46.5 Å². The van der Waals surface area contributed by atoms with Crippen molar-refractivity contribution in [1.29, 1.82) is 0 Å². The maximum atomic E-state index is 12.4. The fraction of sp³-hybridized carbons (Fsp3) is 0.941. The summed E-state index contributed by atoms with van der Waals surface area (Å²) in [7, 11) is 0.